The molecule has 0 heterocycles. The number of carbonyl (C=O) groups excluding carboxylic acids is 1. The molecule has 0 aliphatic heterocycles. The Morgan fingerprint density at radius 3 is 2.18 bits per heavy atom. The molecule has 0 rings (SSSR count). The SMILES string of the molecule is CC(=O)N(CCCCC(F)(F)F)CCC(=O)O. The van der Waals surface area contributed by atoms with Crippen molar-refractivity contribution in [3.05, 3.63) is 0 Å². The van der Waals surface area contributed by atoms with Crippen molar-refractivity contribution in [3.63, 3.8) is 0 Å². The zero-order chi connectivity index (χ0) is 13.5. The molecule has 17 heavy (non-hydrogen) atoms. The van der Waals surface area contributed by atoms with Gasteiger partial charge in [-0.25, -0.2) is 0 Å². The lowest BCUT2D eigenvalue weighted by molar-refractivity contribution is -0.138. The van der Waals surface area contributed by atoms with Gasteiger partial charge in [0.2, 0.25) is 5.91 Å². The third-order valence-electron chi connectivity index (χ3n) is 2.18. The van der Waals surface area contributed by atoms with E-state index in [1.54, 1.807) is 0 Å². The Balaban J connectivity index is 3.86. The van der Waals surface area contributed by atoms with Crippen LogP contribution in [0.15, 0.2) is 0 Å². The Kier molecular flexibility index (Phi) is 6.60. The van der Waals surface area contributed by atoms with Gasteiger partial charge in [-0.15, -0.1) is 0 Å². The molecule has 0 fully saturated rings. The molecule has 0 aliphatic carbocycles. The summed E-state index contributed by atoms with van der Waals surface area (Å²) in [6.07, 6.45) is -5.09. The highest BCUT2D eigenvalue weighted by Gasteiger charge is 2.26. The Morgan fingerprint density at radius 1 is 1.18 bits per heavy atom. The molecule has 0 radical (unpaired) electrons. The number of unbranched alkanes of at least 4 members (excludes halogenated alkanes) is 1. The van der Waals surface area contributed by atoms with Crippen molar-refractivity contribution in [3.8, 4) is 0 Å². The highest BCUT2D eigenvalue weighted by molar-refractivity contribution is 5.74. The van der Waals surface area contributed by atoms with E-state index in [9.17, 15) is 22.8 Å². The number of nitrogens with zero attached hydrogens (tertiary/aromatic N) is 1. The first-order chi connectivity index (χ1) is 7.72. The van der Waals surface area contributed by atoms with Crippen molar-refractivity contribution in [2.24, 2.45) is 0 Å². The zero-order valence-electron chi connectivity index (χ0n) is 9.59. The van der Waals surface area contributed by atoms with E-state index < -0.39 is 18.6 Å². The lowest BCUT2D eigenvalue weighted by Crippen LogP contribution is -2.32. The number of hydrogen-bond donors (Lipinski definition) is 1. The fourth-order valence-electron chi connectivity index (χ4n) is 1.29. The highest BCUT2D eigenvalue weighted by atomic mass is 19.4. The van der Waals surface area contributed by atoms with E-state index in [0.717, 1.165) is 0 Å². The summed E-state index contributed by atoms with van der Waals surface area (Å²) in [7, 11) is 0. The molecule has 0 bridgehead atoms. The normalized spacial score (nSPS) is 11.3. The van der Waals surface area contributed by atoms with E-state index in [4.69, 9.17) is 5.11 Å². The van der Waals surface area contributed by atoms with Gasteiger partial charge < -0.3 is 10.0 Å². The van der Waals surface area contributed by atoms with Gasteiger partial charge in [0.1, 0.15) is 0 Å². The van der Waals surface area contributed by atoms with Gasteiger partial charge in [0.05, 0.1) is 6.42 Å². The van der Waals surface area contributed by atoms with Crippen LogP contribution >= 0.6 is 0 Å². The van der Waals surface area contributed by atoms with Gasteiger partial charge in [-0.05, 0) is 12.8 Å². The van der Waals surface area contributed by atoms with E-state index in [2.05, 4.69) is 0 Å². The molecular weight excluding hydrogens is 239 g/mol. The average Bonchev–Trinajstić information content (AvgIpc) is 2.13. The summed E-state index contributed by atoms with van der Waals surface area (Å²) in [4.78, 5) is 22.6. The Labute approximate surface area is 97.4 Å². The molecule has 0 saturated carbocycles. The predicted molar refractivity (Wildman–Crippen MR) is 54.4 cm³/mol. The molecule has 0 unspecified atom stereocenters. The van der Waals surface area contributed by atoms with Crippen LogP contribution in [0, 0.1) is 0 Å². The maximum atomic E-state index is 11.8. The minimum atomic E-state index is -4.18. The topological polar surface area (TPSA) is 57.6 Å². The third-order valence-corrected chi connectivity index (χ3v) is 2.18. The third kappa shape index (κ3) is 9.65. The lowest BCUT2D eigenvalue weighted by atomic mass is 10.2. The summed E-state index contributed by atoms with van der Waals surface area (Å²) in [6, 6.07) is 0. The highest BCUT2D eigenvalue weighted by Crippen LogP contribution is 2.22. The van der Waals surface area contributed by atoms with E-state index in [0.29, 0.717) is 0 Å². The van der Waals surface area contributed by atoms with Crippen molar-refractivity contribution in [1.29, 1.82) is 0 Å². The van der Waals surface area contributed by atoms with Crippen LogP contribution in [-0.2, 0) is 9.59 Å². The van der Waals surface area contributed by atoms with Crippen LogP contribution in [0.3, 0.4) is 0 Å². The van der Waals surface area contributed by atoms with Crippen molar-refractivity contribution in [1.82, 2.24) is 4.90 Å². The van der Waals surface area contributed by atoms with Gasteiger partial charge in [0.15, 0.2) is 0 Å². The van der Waals surface area contributed by atoms with Crippen molar-refractivity contribution < 1.29 is 27.9 Å². The maximum Gasteiger partial charge on any atom is 0.389 e. The molecule has 0 aromatic heterocycles. The lowest BCUT2D eigenvalue weighted by Gasteiger charge is -2.20. The molecule has 100 valence electrons. The van der Waals surface area contributed by atoms with E-state index in [1.165, 1.54) is 11.8 Å². The predicted octanol–water partition coefficient (Wildman–Crippen LogP) is 2.04. The summed E-state index contributed by atoms with van der Waals surface area (Å²) in [5, 5.41) is 8.44. The molecule has 0 atom stereocenters. The van der Waals surface area contributed by atoms with Crippen LogP contribution < -0.4 is 0 Å². The summed E-state index contributed by atoms with van der Waals surface area (Å²) in [5.41, 5.74) is 0. The average molecular weight is 255 g/mol. The van der Waals surface area contributed by atoms with Crippen LogP contribution in [0.4, 0.5) is 13.2 Å². The quantitative estimate of drug-likeness (QED) is 0.708. The number of halogens is 3. The van der Waals surface area contributed by atoms with Crippen molar-refractivity contribution >= 4 is 11.9 Å². The number of alkyl halides is 3. The maximum absolute atomic E-state index is 11.8. The molecular formula is C10H16F3NO3. The largest absolute Gasteiger partial charge is 0.481 e. The standard InChI is InChI=1S/C10H16F3NO3/c1-8(15)14(7-4-9(16)17)6-3-2-5-10(11,12)13/h2-7H2,1H3,(H,16,17). The molecule has 0 spiro atoms. The van der Waals surface area contributed by atoms with Gasteiger partial charge in [-0.2, -0.15) is 13.2 Å². The number of carbonyl (C=O) groups is 2. The Morgan fingerprint density at radius 2 is 1.76 bits per heavy atom. The second-order valence-corrected chi connectivity index (χ2v) is 3.72. The van der Waals surface area contributed by atoms with Gasteiger partial charge >= 0.3 is 12.1 Å². The zero-order valence-corrected chi connectivity index (χ0v) is 9.59. The first kappa shape index (κ1) is 15.7. The number of aliphatic carboxylic acids is 1. The molecule has 1 amide bonds. The van der Waals surface area contributed by atoms with E-state index >= 15 is 0 Å². The van der Waals surface area contributed by atoms with Crippen LogP contribution in [-0.4, -0.2) is 41.1 Å². The van der Waals surface area contributed by atoms with Crippen molar-refractivity contribution in [2.75, 3.05) is 13.1 Å². The molecule has 7 heteroatoms. The molecule has 0 saturated heterocycles. The molecule has 1 N–H and O–H groups in total. The fourth-order valence-corrected chi connectivity index (χ4v) is 1.29. The Bertz CT molecular complexity index is 266. The van der Waals surface area contributed by atoms with Crippen LogP contribution in [0.1, 0.15) is 32.6 Å². The van der Waals surface area contributed by atoms with Crippen LogP contribution in [0.2, 0.25) is 0 Å². The monoisotopic (exact) mass is 255 g/mol. The molecule has 0 aliphatic rings. The van der Waals surface area contributed by atoms with Gasteiger partial charge in [0, 0.05) is 26.4 Å². The molecule has 0 aromatic rings. The second kappa shape index (κ2) is 7.13. The van der Waals surface area contributed by atoms with Crippen LogP contribution in [0.25, 0.3) is 0 Å². The number of rotatable bonds is 7. The summed E-state index contributed by atoms with van der Waals surface area (Å²) >= 11 is 0. The molecule has 4 nitrogen and oxygen atoms in total. The Hall–Kier alpha value is -1.27. The second-order valence-electron chi connectivity index (χ2n) is 3.72. The summed E-state index contributed by atoms with van der Waals surface area (Å²) in [5.74, 6) is -1.36. The first-order valence-electron chi connectivity index (χ1n) is 5.26. The van der Waals surface area contributed by atoms with Crippen molar-refractivity contribution in [2.45, 2.75) is 38.8 Å². The number of carboxylic acids is 1. The minimum absolute atomic E-state index is 0.0384. The van der Waals surface area contributed by atoms with Crippen LogP contribution in [0.5, 0.6) is 0 Å². The smallest absolute Gasteiger partial charge is 0.389 e. The summed E-state index contributed by atoms with van der Waals surface area (Å²) < 4.78 is 35.5. The summed E-state index contributed by atoms with van der Waals surface area (Å²) in [6.45, 7) is 1.47. The number of carboxylic acid groups (broad SMARTS) is 1. The minimum Gasteiger partial charge on any atom is -0.481 e. The molecule has 0 aromatic carbocycles. The number of hydrogen-bond acceptors (Lipinski definition) is 2. The van der Waals surface area contributed by atoms with Gasteiger partial charge in [-0.3, -0.25) is 9.59 Å². The fraction of sp³-hybridized carbons (Fsp3) is 0.800. The van der Waals surface area contributed by atoms with E-state index in [-0.39, 0.29) is 38.3 Å². The van der Waals surface area contributed by atoms with E-state index in [1.807, 2.05) is 0 Å². The van der Waals surface area contributed by atoms with Gasteiger partial charge in [-0.1, -0.05) is 0 Å². The van der Waals surface area contributed by atoms with Gasteiger partial charge in [0.25, 0.3) is 0 Å². The number of amides is 1. The first-order valence-corrected chi connectivity index (χ1v) is 5.26.